The Morgan fingerprint density at radius 3 is 1.97 bits per heavy atom. The molecule has 3 N–H and O–H groups in total. The van der Waals surface area contributed by atoms with Gasteiger partial charge < -0.3 is 24.8 Å². The van der Waals surface area contributed by atoms with Crippen LogP contribution in [0.5, 0.6) is 0 Å². The van der Waals surface area contributed by atoms with E-state index in [1.165, 1.54) is 51.4 Å². The molecule has 0 radical (unpaired) electrons. The molecular weight excluding hydrogens is 372 g/mol. The second-order valence-corrected chi connectivity index (χ2v) is 8.03. The summed E-state index contributed by atoms with van der Waals surface area (Å²) >= 11 is 0. The van der Waals surface area contributed by atoms with Gasteiger partial charge >= 0.3 is 5.97 Å². The Balaban J connectivity index is 1.90. The minimum absolute atomic E-state index is 0.268. The monoisotopic (exact) mass is 414 g/mol. The maximum atomic E-state index is 11.8. The maximum Gasteiger partial charge on any atom is 0.308 e. The van der Waals surface area contributed by atoms with Crippen molar-refractivity contribution in [3.8, 4) is 0 Å². The molecule has 0 aliphatic carbocycles. The van der Waals surface area contributed by atoms with E-state index in [4.69, 9.17) is 14.6 Å². The van der Waals surface area contributed by atoms with Crippen LogP contribution in [-0.4, -0.2) is 52.5 Å². The fourth-order valence-electron chi connectivity index (χ4n) is 3.49. The molecule has 1 rings (SSSR count). The first-order chi connectivity index (χ1) is 14.1. The third kappa shape index (κ3) is 11.7. The molecule has 170 valence electrons. The molecule has 0 aromatic carbocycles. The fourth-order valence-corrected chi connectivity index (χ4v) is 3.49. The van der Waals surface area contributed by atoms with E-state index in [0.29, 0.717) is 0 Å². The van der Waals surface area contributed by atoms with Gasteiger partial charge in [0.2, 0.25) is 6.29 Å². The van der Waals surface area contributed by atoms with Crippen LogP contribution >= 0.6 is 0 Å². The number of hydrogen-bond donors (Lipinski definition) is 3. The normalized spacial score (nSPS) is 24.4. The molecule has 1 aliphatic heterocycles. The number of hydrogen-bond acceptors (Lipinski definition) is 6. The fraction of sp³-hybridized carbons (Fsp3) is 0.870. The second-order valence-electron chi connectivity index (χ2n) is 8.03. The summed E-state index contributed by atoms with van der Waals surface area (Å²) in [5.41, 5.74) is 0. The summed E-state index contributed by atoms with van der Waals surface area (Å²) in [4.78, 5) is 11.8. The van der Waals surface area contributed by atoms with E-state index in [9.17, 15) is 15.0 Å². The van der Waals surface area contributed by atoms with E-state index in [2.05, 4.69) is 19.1 Å². The minimum Gasteiger partial charge on any atom is -0.433 e. The van der Waals surface area contributed by atoms with Crippen LogP contribution in [0.2, 0.25) is 0 Å². The minimum atomic E-state index is -1.31. The van der Waals surface area contributed by atoms with Crippen LogP contribution in [0.25, 0.3) is 0 Å². The van der Waals surface area contributed by atoms with Crippen molar-refractivity contribution in [2.24, 2.45) is 0 Å². The van der Waals surface area contributed by atoms with Crippen molar-refractivity contribution < 1.29 is 29.6 Å². The first-order valence-electron chi connectivity index (χ1n) is 11.6. The first-order valence-corrected chi connectivity index (χ1v) is 11.6. The van der Waals surface area contributed by atoms with Gasteiger partial charge in [0.25, 0.3) is 0 Å². The highest BCUT2D eigenvalue weighted by molar-refractivity contribution is 5.69. The summed E-state index contributed by atoms with van der Waals surface area (Å²) in [5.74, 6) is -0.447. The van der Waals surface area contributed by atoms with Crippen LogP contribution in [0.4, 0.5) is 0 Å². The molecule has 6 nitrogen and oxygen atoms in total. The van der Waals surface area contributed by atoms with Crippen molar-refractivity contribution in [2.45, 2.75) is 121 Å². The lowest BCUT2D eigenvalue weighted by Gasteiger charge is -2.15. The quantitative estimate of drug-likeness (QED) is 0.189. The predicted octanol–water partition coefficient (Wildman–Crippen LogP) is 4.01. The average molecular weight is 415 g/mol. The average Bonchev–Trinajstić information content (AvgIpc) is 2.98. The zero-order chi connectivity index (χ0) is 21.3. The molecule has 1 aliphatic rings. The van der Waals surface area contributed by atoms with Crippen molar-refractivity contribution in [2.75, 3.05) is 6.61 Å². The first kappa shape index (κ1) is 26.1. The van der Waals surface area contributed by atoms with Crippen LogP contribution in [0, 0.1) is 0 Å². The highest BCUT2D eigenvalue weighted by Gasteiger charge is 2.44. The van der Waals surface area contributed by atoms with E-state index >= 15 is 0 Å². The predicted molar refractivity (Wildman–Crippen MR) is 113 cm³/mol. The molecule has 0 spiro atoms. The van der Waals surface area contributed by atoms with Crippen LogP contribution in [0.1, 0.15) is 96.8 Å². The summed E-state index contributed by atoms with van der Waals surface area (Å²) in [5, 5.41) is 28.4. The largest absolute Gasteiger partial charge is 0.433 e. The van der Waals surface area contributed by atoms with Gasteiger partial charge in [-0.05, 0) is 32.1 Å². The van der Waals surface area contributed by atoms with Gasteiger partial charge in [-0.1, -0.05) is 70.4 Å². The number of ether oxygens (including phenoxy) is 2. The number of esters is 1. The Labute approximate surface area is 176 Å². The zero-order valence-corrected chi connectivity index (χ0v) is 18.1. The van der Waals surface area contributed by atoms with Crippen molar-refractivity contribution in [1.29, 1.82) is 0 Å². The van der Waals surface area contributed by atoms with E-state index in [0.717, 1.165) is 32.1 Å². The molecule has 0 aromatic rings. The standard InChI is InChI=1S/C23H42O6/c1-2-3-4-5-6-7-8-9-10-11-12-13-14-15-16-17-20(25)29-23-22(27)21(26)19(18-24)28-23/h9-10,19,21-24,26-27H,2-8,11-18H2,1H3/b10-9-/t19-,21-,22-,23?/m1/s1. The SMILES string of the molecule is CCCCCCCC/C=C\CCCCCCCC(=O)OC1O[C@H](CO)[C@@H](O)[C@H]1O. The molecule has 0 bridgehead atoms. The number of carbonyl (C=O) groups excluding carboxylic acids is 1. The summed E-state index contributed by atoms with van der Waals surface area (Å²) in [6.07, 6.45) is 15.7. The van der Waals surface area contributed by atoms with Gasteiger partial charge in [-0.2, -0.15) is 0 Å². The van der Waals surface area contributed by atoms with Crippen LogP contribution in [-0.2, 0) is 14.3 Å². The molecule has 0 aromatic heterocycles. The summed E-state index contributed by atoms with van der Waals surface area (Å²) in [7, 11) is 0. The molecule has 6 heteroatoms. The molecule has 4 atom stereocenters. The van der Waals surface area contributed by atoms with E-state index in [-0.39, 0.29) is 6.42 Å². The molecule has 1 saturated heterocycles. The zero-order valence-electron chi connectivity index (χ0n) is 18.1. The maximum absolute atomic E-state index is 11.8. The van der Waals surface area contributed by atoms with Crippen molar-refractivity contribution in [3.05, 3.63) is 12.2 Å². The number of unbranched alkanes of at least 4 members (excludes halogenated alkanes) is 11. The Hall–Kier alpha value is -0.950. The lowest BCUT2D eigenvalue weighted by molar-refractivity contribution is -0.190. The molecule has 0 saturated carbocycles. The lowest BCUT2D eigenvalue weighted by Crippen LogP contribution is -2.35. The van der Waals surface area contributed by atoms with Crippen molar-refractivity contribution in [1.82, 2.24) is 0 Å². The van der Waals surface area contributed by atoms with Crippen molar-refractivity contribution >= 4 is 5.97 Å². The second kappa shape index (κ2) is 16.8. The third-order valence-electron chi connectivity index (χ3n) is 5.39. The summed E-state index contributed by atoms with van der Waals surface area (Å²) < 4.78 is 10.2. The topological polar surface area (TPSA) is 96.2 Å². The van der Waals surface area contributed by atoms with Gasteiger partial charge in [0.15, 0.2) is 0 Å². The lowest BCUT2D eigenvalue weighted by atomic mass is 10.1. The smallest absolute Gasteiger partial charge is 0.308 e. The molecular formula is C23H42O6. The Morgan fingerprint density at radius 1 is 0.862 bits per heavy atom. The molecule has 1 heterocycles. The molecule has 1 fully saturated rings. The Morgan fingerprint density at radius 2 is 1.41 bits per heavy atom. The summed E-state index contributed by atoms with van der Waals surface area (Å²) in [6.45, 7) is 1.82. The number of aliphatic hydroxyl groups is 3. The van der Waals surface area contributed by atoms with Crippen LogP contribution < -0.4 is 0 Å². The van der Waals surface area contributed by atoms with Crippen molar-refractivity contribution in [3.63, 3.8) is 0 Å². The van der Waals surface area contributed by atoms with Gasteiger partial charge in [-0.25, -0.2) is 0 Å². The van der Waals surface area contributed by atoms with Gasteiger partial charge in [-0.15, -0.1) is 0 Å². The van der Waals surface area contributed by atoms with E-state index in [1.54, 1.807) is 0 Å². The number of rotatable bonds is 17. The highest BCUT2D eigenvalue weighted by Crippen LogP contribution is 2.22. The highest BCUT2D eigenvalue weighted by atomic mass is 16.7. The number of carbonyl (C=O) groups is 1. The number of allylic oxidation sites excluding steroid dienone is 2. The van der Waals surface area contributed by atoms with Gasteiger partial charge in [-0.3, -0.25) is 4.79 Å². The Bertz CT molecular complexity index is 439. The van der Waals surface area contributed by atoms with Crippen LogP contribution in [0.15, 0.2) is 12.2 Å². The van der Waals surface area contributed by atoms with E-state index in [1.807, 2.05) is 0 Å². The molecule has 1 unspecified atom stereocenters. The van der Waals surface area contributed by atoms with Crippen LogP contribution in [0.3, 0.4) is 0 Å². The Kier molecular flexibility index (Phi) is 15.1. The molecule has 0 amide bonds. The number of aliphatic hydroxyl groups excluding tert-OH is 3. The van der Waals surface area contributed by atoms with Gasteiger partial charge in [0, 0.05) is 6.42 Å². The molecule has 29 heavy (non-hydrogen) atoms. The van der Waals surface area contributed by atoms with Gasteiger partial charge in [0.05, 0.1) is 6.61 Å². The van der Waals surface area contributed by atoms with E-state index < -0.39 is 37.2 Å². The van der Waals surface area contributed by atoms with Gasteiger partial charge in [0.1, 0.15) is 18.3 Å². The summed E-state index contributed by atoms with van der Waals surface area (Å²) in [6, 6.07) is 0. The third-order valence-corrected chi connectivity index (χ3v) is 5.39.